The highest BCUT2D eigenvalue weighted by molar-refractivity contribution is 5.84. The van der Waals surface area contributed by atoms with Crippen molar-refractivity contribution in [3.05, 3.63) is 35.1 Å². The van der Waals surface area contributed by atoms with E-state index in [1.807, 2.05) is 25.8 Å². The summed E-state index contributed by atoms with van der Waals surface area (Å²) in [6, 6.07) is 2.98. The Balaban J connectivity index is 1.55. The van der Waals surface area contributed by atoms with Crippen LogP contribution in [0.4, 0.5) is 0 Å². The number of esters is 2. The highest BCUT2D eigenvalue weighted by Crippen LogP contribution is 2.62. The molecule has 0 unspecified atom stereocenters. The fraction of sp³-hybridized carbons (Fsp3) is 0.538. The maximum Gasteiger partial charge on any atom is 0.345 e. The van der Waals surface area contributed by atoms with Gasteiger partial charge in [-0.05, 0) is 51.6 Å². The minimum absolute atomic E-state index is 0.0916. The Labute approximate surface area is 218 Å². The number of hydrogen-bond acceptors (Lipinski definition) is 10. The van der Waals surface area contributed by atoms with Crippen molar-refractivity contribution in [1.29, 1.82) is 0 Å². The van der Waals surface area contributed by atoms with Crippen LogP contribution >= 0.6 is 0 Å². The predicted molar refractivity (Wildman–Crippen MR) is 128 cm³/mol. The lowest BCUT2D eigenvalue weighted by Gasteiger charge is -2.58. The van der Waals surface area contributed by atoms with Crippen molar-refractivity contribution in [2.75, 3.05) is 13.6 Å². The number of ether oxygens (including phenoxy) is 3. The Morgan fingerprint density at radius 3 is 2.53 bits per heavy atom. The van der Waals surface area contributed by atoms with Gasteiger partial charge in [0.05, 0.1) is 30.3 Å². The molecule has 12 heteroatoms. The Morgan fingerprint density at radius 2 is 1.87 bits per heavy atom. The fourth-order valence-corrected chi connectivity index (χ4v) is 5.95. The molecule has 1 saturated heterocycles. The quantitative estimate of drug-likeness (QED) is 0.352. The number of likely N-dealkylation sites (N-methyl/N-ethyl adjacent to an activating group) is 1. The first-order valence-electron chi connectivity index (χ1n) is 12.3. The van der Waals surface area contributed by atoms with E-state index in [9.17, 15) is 29.4 Å². The molecule has 38 heavy (non-hydrogen) atoms. The maximum absolute atomic E-state index is 12.7. The van der Waals surface area contributed by atoms with Gasteiger partial charge in [-0.2, -0.15) is 0 Å². The van der Waals surface area contributed by atoms with Crippen molar-refractivity contribution < 1.29 is 53.8 Å². The smallest absolute Gasteiger partial charge is 0.345 e. The van der Waals surface area contributed by atoms with Crippen LogP contribution in [0.3, 0.4) is 0 Å². The van der Waals surface area contributed by atoms with Gasteiger partial charge < -0.3 is 39.5 Å². The second kappa shape index (κ2) is 9.91. The SMILES string of the molecule is Cc1ccc(O)c2c1[C@]13CCN(C)[C@H](C)[C@]1(O)CC=C(OC(=O)CCC(=O)O[C@@H](CC(=O)O)C(=O)O)[C@@H]3O2. The lowest BCUT2D eigenvalue weighted by molar-refractivity contribution is -0.168. The molecule has 0 aromatic heterocycles. The summed E-state index contributed by atoms with van der Waals surface area (Å²) in [5.41, 5.74) is -0.815. The number of carboxylic acids is 2. The number of aliphatic hydroxyl groups is 1. The van der Waals surface area contributed by atoms with E-state index >= 15 is 0 Å². The summed E-state index contributed by atoms with van der Waals surface area (Å²) in [4.78, 5) is 48.7. The van der Waals surface area contributed by atoms with Gasteiger partial charge in [-0.25, -0.2) is 4.79 Å². The molecule has 4 rings (SSSR count). The first-order valence-corrected chi connectivity index (χ1v) is 12.3. The molecular formula is C26H31NO11. The second-order valence-electron chi connectivity index (χ2n) is 10.1. The Bertz CT molecular complexity index is 1210. The number of hydrogen-bond donors (Lipinski definition) is 4. The standard InChI is InChI=1S/C26H31NO11/c1-13-4-5-15(28)22-21(13)25-10-11-27(3)14(2)26(25,35)9-8-16(23(25)38-22)36-19(31)6-7-20(32)37-17(24(33)34)12-18(29)30/h4-5,8,14,17,23,28,35H,6-7,9-12H2,1-3H3,(H,29,30)(H,33,34)/t14-,17+,23+,25+,26-/m1/s1. The molecule has 4 N–H and O–H groups in total. The van der Waals surface area contributed by atoms with Crippen LogP contribution in [0.15, 0.2) is 24.0 Å². The topological polar surface area (TPSA) is 180 Å². The summed E-state index contributed by atoms with van der Waals surface area (Å²) in [5, 5.41) is 40.5. The fourth-order valence-electron chi connectivity index (χ4n) is 5.95. The average Bonchev–Trinajstić information content (AvgIpc) is 3.22. The highest BCUT2D eigenvalue weighted by Gasteiger charge is 2.69. The zero-order valence-electron chi connectivity index (χ0n) is 21.3. The number of fused-ring (bicyclic) bond motifs is 1. The van der Waals surface area contributed by atoms with E-state index in [0.29, 0.717) is 18.5 Å². The second-order valence-corrected chi connectivity index (χ2v) is 10.1. The van der Waals surface area contributed by atoms with Gasteiger partial charge in [0.25, 0.3) is 0 Å². The lowest BCUT2D eigenvalue weighted by Crippen LogP contribution is -2.71. The summed E-state index contributed by atoms with van der Waals surface area (Å²) in [7, 11) is 1.92. The Morgan fingerprint density at radius 1 is 1.18 bits per heavy atom. The number of likely N-dealkylation sites (tertiary alicyclic amines) is 1. The number of aliphatic carboxylic acids is 2. The minimum Gasteiger partial charge on any atom is -0.504 e. The van der Waals surface area contributed by atoms with E-state index in [1.54, 1.807) is 12.1 Å². The van der Waals surface area contributed by atoms with E-state index in [2.05, 4.69) is 4.74 Å². The lowest BCUT2D eigenvalue weighted by atomic mass is 9.54. The van der Waals surface area contributed by atoms with Crippen LogP contribution in [0.25, 0.3) is 0 Å². The molecule has 1 fully saturated rings. The van der Waals surface area contributed by atoms with Crippen LogP contribution in [-0.4, -0.2) is 86.6 Å². The van der Waals surface area contributed by atoms with Crippen LogP contribution in [0.2, 0.25) is 0 Å². The van der Waals surface area contributed by atoms with Gasteiger partial charge in [0.15, 0.2) is 17.6 Å². The monoisotopic (exact) mass is 533 g/mol. The number of phenols is 1. The number of carboxylic acid groups (broad SMARTS) is 2. The molecule has 0 bridgehead atoms. The largest absolute Gasteiger partial charge is 0.504 e. The predicted octanol–water partition coefficient (Wildman–Crippen LogP) is 1.24. The molecular weight excluding hydrogens is 502 g/mol. The summed E-state index contributed by atoms with van der Waals surface area (Å²) in [5.74, 6) is -4.66. The third-order valence-electron chi connectivity index (χ3n) is 8.01. The number of carbonyl (C=O) groups is 4. The van der Waals surface area contributed by atoms with Crippen molar-refractivity contribution in [3.63, 3.8) is 0 Å². The van der Waals surface area contributed by atoms with E-state index in [0.717, 1.165) is 5.56 Å². The van der Waals surface area contributed by atoms with Crippen molar-refractivity contribution in [3.8, 4) is 11.5 Å². The molecule has 5 atom stereocenters. The van der Waals surface area contributed by atoms with Gasteiger partial charge in [0, 0.05) is 18.0 Å². The van der Waals surface area contributed by atoms with Gasteiger partial charge in [-0.3, -0.25) is 14.4 Å². The molecule has 1 aromatic rings. The molecule has 3 aliphatic rings. The third kappa shape index (κ3) is 4.37. The van der Waals surface area contributed by atoms with Gasteiger partial charge in [0.2, 0.25) is 6.10 Å². The summed E-state index contributed by atoms with van der Waals surface area (Å²) >= 11 is 0. The molecule has 2 aliphatic heterocycles. The normalized spacial score (nSPS) is 28.6. The molecule has 1 aliphatic carbocycles. The molecule has 1 spiro atoms. The van der Waals surface area contributed by atoms with Crippen molar-refractivity contribution in [2.24, 2.45) is 0 Å². The minimum atomic E-state index is -1.87. The summed E-state index contributed by atoms with van der Waals surface area (Å²) in [6.07, 6.45) is -2.50. The van der Waals surface area contributed by atoms with E-state index < -0.39 is 66.4 Å². The molecule has 0 radical (unpaired) electrons. The van der Waals surface area contributed by atoms with Gasteiger partial charge in [0.1, 0.15) is 5.76 Å². The number of carbonyl (C=O) groups excluding carboxylic acids is 2. The van der Waals surface area contributed by atoms with Crippen LogP contribution < -0.4 is 4.74 Å². The molecule has 2 heterocycles. The van der Waals surface area contributed by atoms with E-state index in [-0.39, 0.29) is 29.7 Å². The average molecular weight is 534 g/mol. The number of nitrogens with zero attached hydrogens (tertiary/aromatic N) is 1. The summed E-state index contributed by atoms with van der Waals surface area (Å²) < 4.78 is 16.5. The van der Waals surface area contributed by atoms with Gasteiger partial charge in [-0.15, -0.1) is 0 Å². The Kier molecular flexibility index (Phi) is 7.15. The number of rotatable bonds is 8. The first-order chi connectivity index (χ1) is 17.8. The van der Waals surface area contributed by atoms with Crippen LogP contribution in [-0.2, 0) is 34.1 Å². The van der Waals surface area contributed by atoms with Gasteiger partial charge >= 0.3 is 23.9 Å². The first kappa shape index (κ1) is 27.4. The number of piperidine rings is 1. The van der Waals surface area contributed by atoms with Gasteiger partial charge in [-0.1, -0.05) is 6.07 Å². The van der Waals surface area contributed by atoms with E-state index in [1.165, 1.54) is 6.07 Å². The highest BCUT2D eigenvalue weighted by atomic mass is 16.6. The zero-order valence-corrected chi connectivity index (χ0v) is 21.3. The third-order valence-corrected chi connectivity index (χ3v) is 8.01. The Hall–Kier alpha value is -3.64. The van der Waals surface area contributed by atoms with Crippen molar-refractivity contribution >= 4 is 23.9 Å². The molecule has 0 saturated carbocycles. The van der Waals surface area contributed by atoms with Crippen LogP contribution in [0.5, 0.6) is 11.5 Å². The zero-order chi connectivity index (χ0) is 28.0. The molecule has 0 amide bonds. The number of phenolic OH excluding ortho intramolecular Hbond substituents is 1. The van der Waals surface area contributed by atoms with Crippen molar-refractivity contribution in [2.45, 2.75) is 75.2 Å². The van der Waals surface area contributed by atoms with E-state index in [4.69, 9.17) is 19.7 Å². The number of aromatic hydroxyl groups is 1. The summed E-state index contributed by atoms with van der Waals surface area (Å²) in [6.45, 7) is 4.40. The molecule has 12 nitrogen and oxygen atoms in total. The number of benzene rings is 1. The number of aryl methyl sites for hydroxylation is 1. The van der Waals surface area contributed by atoms with Crippen LogP contribution in [0.1, 0.15) is 50.2 Å². The van der Waals surface area contributed by atoms with Crippen molar-refractivity contribution in [1.82, 2.24) is 4.90 Å². The maximum atomic E-state index is 12.7. The molecule has 206 valence electrons. The molecule has 1 aromatic carbocycles. The van der Waals surface area contributed by atoms with Crippen LogP contribution in [0, 0.1) is 6.92 Å².